The van der Waals surface area contributed by atoms with Crippen molar-refractivity contribution in [2.45, 2.75) is 48.8 Å². The molecule has 1 N–H and O–H groups in total. The lowest BCUT2D eigenvalue weighted by atomic mass is 10.2. The molecule has 3 rings (SSSR count). The van der Waals surface area contributed by atoms with Gasteiger partial charge in [-0.3, -0.25) is 4.79 Å². The first-order valence-electron chi connectivity index (χ1n) is 10.8. The molecule has 0 spiro atoms. The first-order valence-corrected chi connectivity index (χ1v) is 13.9. The molecule has 178 valence electrons. The van der Waals surface area contributed by atoms with Gasteiger partial charge in [-0.25, -0.2) is 8.42 Å². The van der Waals surface area contributed by atoms with E-state index in [-0.39, 0.29) is 27.7 Å². The summed E-state index contributed by atoms with van der Waals surface area (Å²) in [6.07, 6.45) is 3.27. The Bertz CT molecular complexity index is 1240. The van der Waals surface area contributed by atoms with Crippen LogP contribution in [0.15, 0.2) is 62.7 Å². The minimum atomic E-state index is -3.94. The zero-order valence-corrected chi connectivity index (χ0v) is 20.5. The van der Waals surface area contributed by atoms with E-state index in [9.17, 15) is 21.6 Å². The first kappa shape index (κ1) is 24.9. The molecule has 1 aliphatic rings. The smallest absolute Gasteiger partial charge is 0.284 e. The van der Waals surface area contributed by atoms with Gasteiger partial charge in [0.15, 0.2) is 9.84 Å². The predicted molar refractivity (Wildman–Crippen MR) is 129 cm³/mol. The van der Waals surface area contributed by atoms with Crippen molar-refractivity contribution in [1.29, 1.82) is 0 Å². The number of nitrogens with one attached hydrogen (secondary N) is 1. The lowest BCUT2D eigenvalue weighted by Gasteiger charge is -2.17. The third-order valence-electron chi connectivity index (χ3n) is 5.45. The Kier molecular flexibility index (Phi) is 7.91. The fourth-order valence-electron chi connectivity index (χ4n) is 3.48. The van der Waals surface area contributed by atoms with Gasteiger partial charge in [0.05, 0.1) is 15.5 Å². The number of sulfone groups is 1. The van der Waals surface area contributed by atoms with E-state index in [4.69, 9.17) is 0 Å². The summed E-state index contributed by atoms with van der Waals surface area (Å²) in [5.74, 6) is -0.335. The second kappa shape index (κ2) is 10.5. The molecule has 0 saturated carbocycles. The van der Waals surface area contributed by atoms with E-state index in [1.165, 1.54) is 30.3 Å². The molecule has 2 aromatic rings. The van der Waals surface area contributed by atoms with Crippen LogP contribution in [0.3, 0.4) is 0 Å². The third-order valence-corrected chi connectivity index (χ3v) is 8.49. The van der Waals surface area contributed by atoms with Crippen LogP contribution < -0.4 is 5.32 Å². The SMILES string of the molecule is Cc1ccc(S(=O)(=O)CCC(=O)Nc2cccc(S(=O)(=O)/N=C3\CCCCCN3C)c2)cc1. The molecule has 0 aliphatic carbocycles. The summed E-state index contributed by atoms with van der Waals surface area (Å²) in [5.41, 5.74) is 1.21. The number of sulfonamides is 1. The Hall–Kier alpha value is -2.72. The van der Waals surface area contributed by atoms with E-state index in [1.807, 2.05) is 18.9 Å². The molecular formula is C23H29N3O5S2. The van der Waals surface area contributed by atoms with Crippen LogP contribution in [0.2, 0.25) is 0 Å². The van der Waals surface area contributed by atoms with Crippen LogP contribution >= 0.6 is 0 Å². The summed E-state index contributed by atoms with van der Waals surface area (Å²) in [7, 11) is -5.71. The van der Waals surface area contributed by atoms with Gasteiger partial charge in [-0.05, 0) is 50.1 Å². The highest BCUT2D eigenvalue weighted by Crippen LogP contribution is 2.20. The Balaban J connectivity index is 1.68. The Morgan fingerprint density at radius 2 is 1.73 bits per heavy atom. The fourth-order valence-corrected chi connectivity index (χ4v) is 5.86. The number of carbonyl (C=O) groups excluding carboxylic acids is 1. The highest BCUT2D eigenvalue weighted by atomic mass is 32.2. The van der Waals surface area contributed by atoms with E-state index in [0.717, 1.165) is 31.4 Å². The molecule has 1 aliphatic heterocycles. The molecule has 0 radical (unpaired) electrons. The lowest BCUT2D eigenvalue weighted by Crippen LogP contribution is -2.26. The number of rotatable bonds is 7. The Labute approximate surface area is 195 Å². The van der Waals surface area contributed by atoms with Gasteiger partial charge in [-0.2, -0.15) is 8.42 Å². The molecular weight excluding hydrogens is 462 g/mol. The van der Waals surface area contributed by atoms with E-state index < -0.39 is 25.8 Å². The number of carbonyl (C=O) groups is 1. The molecule has 0 bridgehead atoms. The van der Waals surface area contributed by atoms with Crippen molar-refractivity contribution in [3.05, 3.63) is 54.1 Å². The maximum absolute atomic E-state index is 12.8. The van der Waals surface area contributed by atoms with Gasteiger partial charge in [0.25, 0.3) is 10.0 Å². The van der Waals surface area contributed by atoms with Gasteiger partial charge in [-0.1, -0.05) is 30.2 Å². The second-order valence-corrected chi connectivity index (χ2v) is 11.9. The summed E-state index contributed by atoms with van der Waals surface area (Å²) in [6, 6.07) is 12.3. The fraction of sp³-hybridized carbons (Fsp3) is 0.391. The zero-order valence-electron chi connectivity index (χ0n) is 18.8. The van der Waals surface area contributed by atoms with Crippen LogP contribution in [0.1, 0.15) is 37.7 Å². The van der Waals surface area contributed by atoms with Crippen molar-refractivity contribution in [1.82, 2.24) is 4.90 Å². The summed E-state index contributed by atoms with van der Waals surface area (Å²) in [4.78, 5) is 14.3. The highest BCUT2D eigenvalue weighted by Gasteiger charge is 2.20. The molecule has 10 heteroatoms. The molecule has 33 heavy (non-hydrogen) atoms. The van der Waals surface area contributed by atoms with E-state index in [0.29, 0.717) is 12.3 Å². The van der Waals surface area contributed by atoms with Crippen LogP contribution in [0.25, 0.3) is 0 Å². The molecule has 1 amide bonds. The van der Waals surface area contributed by atoms with Crippen molar-refractivity contribution in [2.75, 3.05) is 24.7 Å². The normalized spacial score (nSPS) is 16.4. The van der Waals surface area contributed by atoms with Crippen molar-refractivity contribution in [3.63, 3.8) is 0 Å². The second-order valence-electron chi connectivity index (χ2n) is 8.17. The number of benzene rings is 2. The third kappa shape index (κ3) is 6.88. The highest BCUT2D eigenvalue weighted by molar-refractivity contribution is 7.91. The van der Waals surface area contributed by atoms with E-state index in [2.05, 4.69) is 9.71 Å². The molecule has 8 nitrogen and oxygen atoms in total. The minimum Gasteiger partial charge on any atom is -0.362 e. The van der Waals surface area contributed by atoms with Crippen LogP contribution in [-0.2, 0) is 24.7 Å². The van der Waals surface area contributed by atoms with Crippen molar-refractivity contribution in [2.24, 2.45) is 4.40 Å². The van der Waals surface area contributed by atoms with Crippen LogP contribution in [0, 0.1) is 6.92 Å². The van der Waals surface area contributed by atoms with Crippen molar-refractivity contribution in [3.8, 4) is 0 Å². The summed E-state index contributed by atoms with van der Waals surface area (Å²) in [5, 5.41) is 2.58. The number of hydrogen-bond donors (Lipinski definition) is 1. The summed E-state index contributed by atoms with van der Waals surface area (Å²) < 4.78 is 54.6. The number of aryl methyl sites for hydroxylation is 1. The number of likely N-dealkylation sites (tertiary alicyclic amines) is 1. The molecule has 1 fully saturated rings. The van der Waals surface area contributed by atoms with Gasteiger partial charge in [-0.15, -0.1) is 4.40 Å². The number of hydrogen-bond acceptors (Lipinski definition) is 5. The zero-order chi connectivity index (χ0) is 24.1. The minimum absolute atomic E-state index is 0.0299. The molecule has 0 unspecified atom stereocenters. The topological polar surface area (TPSA) is 113 Å². The van der Waals surface area contributed by atoms with Crippen LogP contribution in [0.4, 0.5) is 5.69 Å². The van der Waals surface area contributed by atoms with Gasteiger partial charge in [0.1, 0.15) is 5.84 Å². The molecule has 2 aromatic carbocycles. The largest absolute Gasteiger partial charge is 0.362 e. The Morgan fingerprint density at radius 3 is 2.45 bits per heavy atom. The molecule has 0 atom stereocenters. The summed E-state index contributed by atoms with van der Waals surface area (Å²) in [6.45, 7) is 2.62. The molecule has 1 heterocycles. The number of amides is 1. The predicted octanol–water partition coefficient (Wildman–Crippen LogP) is 3.39. The van der Waals surface area contributed by atoms with Gasteiger partial charge in [0, 0.05) is 32.1 Å². The maximum atomic E-state index is 12.8. The molecule has 1 saturated heterocycles. The van der Waals surface area contributed by atoms with Crippen LogP contribution in [-0.4, -0.2) is 52.8 Å². The number of anilines is 1. The van der Waals surface area contributed by atoms with E-state index in [1.54, 1.807) is 18.2 Å². The standard InChI is InChI=1S/C23H29N3O5S2/c1-18-10-12-20(13-11-18)32(28,29)16-14-23(27)24-19-7-6-8-21(17-19)33(30,31)25-22-9-4-3-5-15-26(22)2/h6-8,10-13,17H,3-5,9,14-16H2,1-2H3,(H,24,27)/b25-22+. The first-order chi connectivity index (χ1) is 15.6. The Morgan fingerprint density at radius 1 is 1.00 bits per heavy atom. The quantitative estimate of drug-likeness (QED) is 0.635. The van der Waals surface area contributed by atoms with Gasteiger partial charge in [0.2, 0.25) is 5.91 Å². The van der Waals surface area contributed by atoms with Crippen LogP contribution in [0.5, 0.6) is 0 Å². The maximum Gasteiger partial charge on any atom is 0.284 e. The average molecular weight is 492 g/mol. The van der Waals surface area contributed by atoms with Crippen molar-refractivity contribution < 1.29 is 21.6 Å². The lowest BCUT2D eigenvalue weighted by molar-refractivity contribution is -0.115. The monoisotopic (exact) mass is 491 g/mol. The summed E-state index contributed by atoms with van der Waals surface area (Å²) >= 11 is 0. The van der Waals surface area contributed by atoms with E-state index >= 15 is 0 Å². The number of nitrogens with zero attached hydrogens (tertiary/aromatic N) is 2. The number of amidine groups is 1. The van der Waals surface area contributed by atoms with Gasteiger partial charge < -0.3 is 10.2 Å². The van der Waals surface area contributed by atoms with Gasteiger partial charge >= 0.3 is 0 Å². The average Bonchev–Trinajstić information content (AvgIpc) is 2.97. The molecule has 0 aromatic heterocycles. The van der Waals surface area contributed by atoms with Crippen molar-refractivity contribution >= 4 is 37.3 Å².